The number of alkyl carbamates (subject to hydrolysis) is 1. The fourth-order valence-corrected chi connectivity index (χ4v) is 8.76. The van der Waals surface area contributed by atoms with Gasteiger partial charge in [0.05, 0.1) is 29.7 Å². The summed E-state index contributed by atoms with van der Waals surface area (Å²) in [6, 6.07) is 4.21. The van der Waals surface area contributed by atoms with Crippen molar-refractivity contribution in [1.82, 2.24) is 30.5 Å². The Kier molecular flexibility index (Phi) is 11.2. The second-order valence-electron chi connectivity index (χ2n) is 15.8. The standard InChI is InChI=1S/C37H47F3N6O9S/c1-20-10-6-7-11-22-18-36(22,33(49)45-56(51,52)24-14-15-24)42-29(47)27-17-23(54-31-26-13-9-8-12-25(26)30(53-5)43-44-31)19-46(27)32(48)28(21(2)16-20)41-34(50)55-35(3,4)37(38,39)40/h7-9,11-13,20-24,27-28H,6,10,14-19H2,1-5H3,(H,41,50)(H,42,47)(H,45,49)/b11-7-/t20-,21-,22-,23-,27+,28+,36-/m1/s1. The molecular formula is C37H47F3N6O9S. The van der Waals surface area contributed by atoms with Gasteiger partial charge in [0, 0.05) is 12.3 Å². The molecule has 7 atom stereocenters. The monoisotopic (exact) mass is 808 g/mol. The Bertz CT molecular complexity index is 2010. The zero-order valence-electron chi connectivity index (χ0n) is 31.7. The van der Waals surface area contributed by atoms with Crippen LogP contribution in [0.4, 0.5) is 18.0 Å². The molecule has 0 spiro atoms. The largest absolute Gasteiger partial charge is 0.479 e. The van der Waals surface area contributed by atoms with Gasteiger partial charge in [-0.25, -0.2) is 13.2 Å². The van der Waals surface area contributed by atoms with Crippen LogP contribution in [0, 0.1) is 17.8 Å². The summed E-state index contributed by atoms with van der Waals surface area (Å²) in [5.74, 6) is -3.39. The molecule has 306 valence electrons. The quantitative estimate of drug-likeness (QED) is 0.327. The molecule has 1 saturated heterocycles. The van der Waals surface area contributed by atoms with Crippen LogP contribution in [0.3, 0.4) is 0 Å². The van der Waals surface area contributed by atoms with Crippen molar-refractivity contribution in [1.29, 1.82) is 0 Å². The van der Waals surface area contributed by atoms with Gasteiger partial charge in [-0.3, -0.25) is 19.1 Å². The van der Waals surface area contributed by atoms with Gasteiger partial charge in [-0.05, 0) is 76.3 Å². The van der Waals surface area contributed by atoms with Gasteiger partial charge >= 0.3 is 12.3 Å². The van der Waals surface area contributed by atoms with Crippen molar-refractivity contribution in [2.24, 2.45) is 17.8 Å². The van der Waals surface area contributed by atoms with Gasteiger partial charge in [0.2, 0.25) is 39.2 Å². The highest BCUT2D eigenvalue weighted by molar-refractivity contribution is 7.91. The van der Waals surface area contributed by atoms with Gasteiger partial charge in [0.15, 0.2) is 0 Å². The third-order valence-electron chi connectivity index (χ3n) is 11.0. The number of carbonyl (C=O) groups is 4. The van der Waals surface area contributed by atoms with E-state index in [0.717, 1.165) is 0 Å². The number of rotatable bonds is 8. The highest BCUT2D eigenvalue weighted by atomic mass is 32.2. The van der Waals surface area contributed by atoms with Crippen LogP contribution in [0.25, 0.3) is 10.8 Å². The Morgan fingerprint density at radius 2 is 1.68 bits per heavy atom. The number of aromatic nitrogens is 2. The van der Waals surface area contributed by atoms with E-state index >= 15 is 0 Å². The van der Waals surface area contributed by atoms with E-state index in [2.05, 4.69) is 25.6 Å². The van der Waals surface area contributed by atoms with Gasteiger partial charge in [-0.2, -0.15) is 13.2 Å². The van der Waals surface area contributed by atoms with Crippen LogP contribution in [0.2, 0.25) is 0 Å². The molecule has 4 amide bonds. The van der Waals surface area contributed by atoms with Crippen LogP contribution in [-0.2, 0) is 29.1 Å². The van der Waals surface area contributed by atoms with Gasteiger partial charge in [-0.15, -0.1) is 10.2 Å². The van der Waals surface area contributed by atoms with Crippen molar-refractivity contribution < 1.29 is 55.0 Å². The first kappa shape index (κ1) is 41.0. The maximum absolute atomic E-state index is 14.7. The fourth-order valence-electron chi connectivity index (χ4n) is 7.39. The number of fused-ring (bicyclic) bond motifs is 3. The van der Waals surface area contributed by atoms with E-state index in [9.17, 15) is 40.8 Å². The smallest absolute Gasteiger partial charge is 0.427 e. The molecular weight excluding hydrogens is 762 g/mol. The molecule has 2 aromatic rings. The van der Waals surface area contributed by atoms with Crippen molar-refractivity contribution in [3.8, 4) is 11.8 Å². The van der Waals surface area contributed by atoms with Crippen LogP contribution in [0.1, 0.15) is 72.6 Å². The summed E-state index contributed by atoms with van der Waals surface area (Å²) in [5.41, 5.74) is -4.52. The number of methoxy groups -OCH3 is 1. The number of amides is 4. The molecule has 3 N–H and O–H groups in total. The minimum Gasteiger partial charge on any atom is -0.479 e. The molecule has 19 heteroatoms. The van der Waals surface area contributed by atoms with Crippen molar-refractivity contribution in [2.75, 3.05) is 13.7 Å². The summed E-state index contributed by atoms with van der Waals surface area (Å²) in [5, 5.41) is 13.8. The molecule has 2 aliphatic carbocycles. The Labute approximate surface area is 322 Å². The summed E-state index contributed by atoms with van der Waals surface area (Å²) < 4.78 is 85.3. The first-order chi connectivity index (χ1) is 26.3. The third kappa shape index (κ3) is 8.51. The van der Waals surface area contributed by atoms with E-state index < -0.39 is 86.4 Å². The SMILES string of the molecule is COc1nnc(O[C@@H]2C[C@H]3C(=O)N[C@]4(C(=O)NS(=O)(=O)C5CC5)C[C@H]4/C=C\CC[C@@H](C)C[C@@H](C)[C@H](NC(=O)OC(C)(C)C(F)(F)F)C(=O)N3C2)c2ccccc12. The summed E-state index contributed by atoms with van der Waals surface area (Å²) in [6.07, 6.45) is -1.37. The number of hydrogen-bond donors (Lipinski definition) is 3. The number of alkyl halides is 3. The molecule has 0 bridgehead atoms. The number of nitrogens with one attached hydrogen (secondary N) is 3. The molecule has 56 heavy (non-hydrogen) atoms. The van der Waals surface area contributed by atoms with Gasteiger partial charge in [0.1, 0.15) is 23.7 Å². The Morgan fingerprint density at radius 1 is 1.02 bits per heavy atom. The maximum Gasteiger partial charge on any atom is 0.427 e. The molecule has 0 radical (unpaired) electrons. The predicted molar refractivity (Wildman–Crippen MR) is 195 cm³/mol. The van der Waals surface area contributed by atoms with Crippen LogP contribution in [0.15, 0.2) is 36.4 Å². The number of carbonyl (C=O) groups excluding carboxylic acids is 4. The number of hydrogen-bond acceptors (Lipinski definition) is 11. The molecule has 1 aromatic heterocycles. The molecule has 4 aliphatic rings. The lowest BCUT2D eigenvalue weighted by Gasteiger charge is -2.34. The fraction of sp³-hybridized carbons (Fsp3) is 0.622. The van der Waals surface area contributed by atoms with Gasteiger partial charge in [-0.1, -0.05) is 38.1 Å². The highest BCUT2D eigenvalue weighted by Gasteiger charge is 2.62. The normalized spacial score (nSPS) is 29.5. The second kappa shape index (κ2) is 15.3. The van der Waals surface area contributed by atoms with Crippen molar-refractivity contribution in [3.63, 3.8) is 0 Å². The Morgan fingerprint density at radius 3 is 2.32 bits per heavy atom. The topological polar surface area (TPSA) is 195 Å². The van der Waals surface area contributed by atoms with E-state index in [1.807, 2.05) is 13.0 Å². The highest BCUT2D eigenvalue weighted by Crippen LogP contribution is 2.46. The zero-order valence-corrected chi connectivity index (χ0v) is 32.5. The first-order valence-electron chi connectivity index (χ1n) is 18.6. The van der Waals surface area contributed by atoms with Gasteiger partial charge < -0.3 is 29.7 Å². The van der Waals surface area contributed by atoms with Crippen LogP contribution in [-0.4, -0.2) is 102 Å². The number of sulfonamides is 1. The van der Waals surface area contributed by atoms with Crippen molar-refractivity contribution in [3.05, 3.63) is 36.4 Å². The Balaban J connectivity index is 1.35. The number of nitrogens with zero attached hydrogens (tertiary/aromatic N) is 3. The number of benzene rings is 1. The molecule has 3 heterocycles. The second-order valence-corrected chi connectivity index (χ2v) is 17.8. The molecule has 0 unspecified atom stereocenters. The van der Waals surface area contributed by atoms with E-state index in [4.69, 9.17) is 14.2 Å². The summed E-state index contributed by atoms with van der Waals surface area (Å²) in [6.45, 7) is 4.74. The van der Waals surface area contributed by atoms with Gasteiger partial charge in [0.25, 0.3) is 5.91 Å². The van der Waals surface area contributed by atoms with Crippen molar-refractivity contribution >= 4 is 44.6 Å². The van der Waals surface area contributed by atoms with E-state index in [1.54, 1.807) is 37.3 Å². The number of halogens is 3. The predicted octanol–water partition coefficient (Wildman–Crippen LogP) is 3.92. The number of ether oxygens (including phenoxy) is 3. The number of allylic oxidation sites excluding steroid dienone is 1. The van der Waals surface area contributed by atoms with Crippen LogP contribution >= 0.6 is 0 Å². The molecule has 2 aliphatic heterocycles. The summed E-state index contributed by atoms with van der Waals surface area (Å²) >= 11 is 0. The maximum atomic E-state index is 14.7. The average molecular weight is 809 g/mol. The summed E-state index contributed by atoms with van der Waals surface area (Å²) in [7, 11) is -2.55. The van der Waals surface area contributed by atoms with Crippen LogP contribution < -0.4 is 24.8 Å². The minimum absolute atomic E-state index is 0.0393. The first-order valence-corrected chi connectivity index (χ1v) is 20.2. The molecule has 15 nitrogen and oxygen atoms in total. The third-order valence-corrected chi connectivity index (χ3v) is 12.8. The lowest BCUT2D eigenvalue weighted by atomic mass is 9.88. The molecule has 3 fully saturated rings. The summed E-state index contributed by atoms with van der Waals surface area (Å²) in [4.78, 5) is 57.1. The molecule has 1 aromatic carbocycles. The van der Waals surface area contributed by atoms with E-state index in [0.29, 0.717) is 56.7 Å². The Hall–Kier alpha value is -4.68. The zero-order chi connectivity index (χ0) is 40.8. The van der Waals surface area contributed by atoms with Crippen molar-refractivity contribution in [2.45, 2.75) is 113 Å². The lowest BCUT2D eigenvalue weighted by Crippen LogP contribution is -2.59. The molecule has 2 saturated carbocycles. The van der Waals surface area contributed by atoms with E-state index in [-0.39, 0.29) is 37.1 Å². The van der Waals surface area contributed by atoms with Crippen LogP contribution in [0.5, 0.6) is 11.8 Å². The minimum atomic E-state index is -4.91. The molecule has 6 rings (SSSR count). The average Bonchev–Trinajstić information content (AvgIpc) is 4.05. The lowest BCUT2D eigenvalue weighted by molar-refractivity contribution is -0.244. The van der Waals surface area contributed by atoms with E-state index in [1.165, 1.54) is 12.0 Å².